The van der Waals surface area contributed by atoms with Crippen LogP contribution in [0, 0.1) is 11.8 Å². The van der Waals surface area contributed by atoms with E-state index in [9.17, 15) is 0 Å². The Labute approximate surface area is 88.1 Å². The molecule has 1 N–H and O–H groups in total. The maximum atomic E-state index is 3.62. The van der Waals surface area contributed by atoms with Gasteiger partial charge in [0.25, 0.3) is 0 Å². The standard InChI is InChI=1S/C12H22N2/c1-4-6-9-14-10-7-8-13-12(3,5-2)11-14/h13H,5,7-11H2,1-3H3. The highest BCUT2D eigenvalue weighted by atomic mass is 15.2. The molecule has 1 atom stereocenters. The van der Waals surface area contributed by atoms with Crippen molar-refractivity contribution in [2.75, 3.05) is 26.2 Å². The second-order valence-electron chi connectivity index (χ2n) is 4.33. The third kappa shape index (κ3) is 3.32. The van der Waals surface area contributed by atoms with Gasteiger partial charge in [-0.25, -0.2) is 0 Å². The van der Waals surface area contributed by atoms with Crippen LogP contribution >= 0.6 is 0 Å². The average Bonchev–Trinajstić information content (AvgIpc) is 2.38. The fraction of sp³-hybridized carbons (Fsp3) is 0.833. The van der Waals surface area contributed by atoms with E-state index >= 15 is 0 Å². The Morgan fingerprint density at radius 3 is 2.93 bits per heavy atom. The van der Waals surface area contributed by atoms with Gasteiger partial charge in [-0.1, -0.05) is 12.8 Å². The molecule has 2 heteroatoms. The van der Waals surface area contributed by atoms with Gasteiger partial charge in [0.05, 0.1) is 6.54 Å². The molecule has 1 heterocycles. The predicted molar refractivity (Wildman–Crippen MR) is 61.2 cm³/mol. The zero-order valence-corrected chi connectivity index (χ0v) is 9.69. The molecule has 0 aromatic carbocycles. The molecule has 80 valence electrons. The molecular formula is C12H22N2. The second-order valence-corrected chi connectivity index (χ2v) is 4.33. The van der Waals surface area contributed by atoms with Gasteiger partial charge in [-0.3, -0.25) is 4.90 Å². The van der Waals surface area contributed by atoms with Gasteiger partial charge < -0.3 is 5.32 Å². The molecule has 1 aliphatic rings. The number of hydrogen-bond donors (Lipinski definition) is 1. The molecule has 0 aromatic rings. The van der Waals surface area contributed by atoms with Crippen LogP contribution in [0.15, 0.2) is 0 Å². The van der Waals surface area contributed by atoms with E-state index in [4.69, 9.17) is 0 Å². The molecule has 1 unspecified atom stereocenters. The first kappa shape index (κ1) is 11.6. The van der Waals surface area contributed by atoms with Gasteiger partial charge in [0.15, 0.2) is 0 Å². The summed E-state index contributed by atoms with van der Waals surface area (Å²) in [6, 6.07) is 0. The minimum absolute atomic E-state index is 0.284. The van der Waals surface area contributed by atoms with Gasteiger partial charge in [0.1, 0.15) is 0 Å². The van der Waals surface area contributed by atoms with E-state index in [0.717, 1.165) is 19.6 Å². The zero-order valence-electron chi connectivity index (χ0n) is 9.69. The van der Waals surface area contributed by atoms with Crippen molar-refractivity contribution in [3.05, 3.63) is 0 Å². The molecule has 0 spiro atoms. The van der Waals surface area contributed by atoms with Crippen molar-refractivity contribution in [3.63, 3.8) is 0 Å². The average molecular weight is 194 g/mol. The molecule has 0 amide bonds. The Morgan fingerprint density at radius 2 is 2.29 bits per heavy atom. The third-order valence-electron chi connectivity index (χ3n) is 3.04. The van der Waals surface area contributed by atoms with Crippen molar-refractivity contribution in [1.29, 1.82) is 0 Å². The Morgan fingerprint density at radius 1 is 1.50 bits per heavy atom. The minimum atomic E-state index is 0.284. The quantitative estimate of drug-likeness (QED) is 0.670. The van der Waals surface area contributed by atoms with Crippen LogP contribution in [0.2, 0.25) is 0 Å². The smallest absolute Gasteiger partial charge is 0.0602 e. The molecular weight excluding hydrogens is 172 g/mol. The molecule has 14 heavy (non-hydrogen) atoms. The Hall–Kier alpha value is -0.520. The molecule has 0 saturated carbocycles. The molecule has 0 aliphatic carbocycles. The van der Waals surface area contributed by atoms with Crippen molar-refractivity contribution < 1.29 is 0 Å². The molecule has 1 fully saturated rings. The fourth-order valence-corrected chi connectivity index (χ4v) is 1.88. The van der Waals surface area contributed by atoms with E-state index in [1.54, 1.807) is 0 Å². The molecule has 0 bridgehead atoms. The largest absolute Gasteiger partial charge is 0.310 e. The first-order valence-corrected chi connectivity index (χ1v) is 5.57. The highest BCUT2D eigenvalue weighted by molar-refractivity contribution is 4.99. The van der Waals surface area contributed by atoms with Crippen LogP contribution in [-0.4, -0.2) is 36.6 Å². The summed E-state index contributed by atoms with van der Waals surface area (Å²) >= 11 is 0. The van der Waals surface area contributed by atoms with Gasteiger partial charge in [0.2, 0.25) is 0 Å². The van der Waals surface area contributed by atoms with E-state index < -0.39 is 0 Å². The predicted octanol–water partition coefficient (Wildman–Crippen LogP) is 1.47. The second kappa shape index (κ2) is 5.38. The lowest BCUT2D eigenvalue weighted by Gasteiger charge is -2.31. The first-order chi connectivity index (χ1) is 6.70. The normalized spacial score (nSPS) is 29.1. The van der Waals surface area contributed by atoms with E-state index in [1.165, 1.54) is 19.4 Å². The molecule has 1 aliphatic heterocycles. The topological polar surface area (TPSA) is 15.3 Å². The molecule has 1 rings (SSSR count). The molecule has 0 aromatic heterocycles. The van der Waals surface area contributed by atoms with Crippen LogP contribution in [0.4, 0.5) is 0 Å². The minimum Gasteiger partial charge on any atom is -0.310 e. The van der Waals surface area contributed by atoms with E-state index in [2.05, 4.69) is 35.9 Å². The van der Waals surface area contributed by atoms with Crippen LogP contribution in [-0.2, 0) is 0 Å². The van der Waals surface area contributed by atoms with Crippen LogP contribution in [0.5, 0.6) is 0 Å². The Kier molecular flexibility index (Phi) is 4.44. The van der Waals surface area contributed by atoms with Gasteiger partial charge in [-0.2, -0.15) is 0 Å². The van der Waals surface area contributed by atoms with E-state index in [-0.39, 0.29) is 5.54 Å². The summed E-state index contributed by atoms with van der Waals surface area (Å²) in [5.74, 6) is 6.12. The lowest BCUT2D eigenvalue weighted by molar-refractivity contribution is 0.235. The number of nitrogens with zero attached hydrogens (tertiary/aromatic N) is 1. The van der Waals surface area contributed by atoms with E-state index in [1.807, 2.05) is 6.92 Å². The van der Waals surface area contributed by atoms with Crippen molar-refractivity contribution >= 4 is 0 Å². The number of nitrogens with one attached hydrogen (secondary N) is 1. The van der Waals surface area contributed by atoms with Crippen molar-refractivity contribution in [3.8, 4) is 11.8 Å². The molecule has 1 saturated heterocycles. The van der Waals surface area contributed by atoms with Crippen LogP contribution in [0.3, 0.4) is 0 Å². The SMILES string of the molecule is CC#CCN1CCCNC(C)(CC)C1. The maximum Gasteiger partial charge on any atom is 0.0602 e. The van der Waals surface area contributed by atoms with E-state index in [0.29, 0.717) is 0 Å². The summed E-state index contributed by atoms with van der Waals surface area (Å²) in [5.41, 5.74) is 0.284. The molecule has 2 nitrogen and oxygen atoms in total. The van der Waals surface area contributed by atoms with Crippen molar-refractivity contribution in [2.45, 2.75) is 39.2 Å². The zero-order chi connectivity index (χ0) is 10.4. The summed E-state index contributed by atoms with van der Waals surface area (Å²) in [7, 11) is 0. The van der Waals surface area contributed by atoms with Crippen LogP contribution < -0.4 is 5.32 Å². The van der Waals surface area contributed by atoms with Gasteiger partial charge in [-0.05, 0) is 33.2 Å². The van der Waals surface area contributed by atoms with Crippen LogP contribution in [0.1, 0.15) is 33.6 Å². The highest BCUT2D eigenvalue weighted by Crippen LogP contribution is 2.14. The first-order valence-electron chi connectivity index (χ1n) is 5.57. The summed E-state index contributed by atoms with van der Waals surface area (Å²) in [4.78, 5) is 2.46. The van der Waals surface area contributed by atoms with Crippen molar-refractivity contribution in [1.82, 2.24) is 10.2 Å². The van der Waals surface area contributed by atoms with Gasteiger partial charge in [0, 0.05) is 18.6 Å². The number of rotatable bonds is 2. The summed E-state index contributed by atoms with van der Waals surface area (Å²) in [6.45, 7) is 10.8. The van der Waals surface area contributed by atoms with Crippen LogP contribution in [0.25, 0.3) is 0 Å². The summed E-state index contributed by atoms with van der Waals surface area (Å²) in [5, 5.41) is 3.62. The summed E-state index contributed by atoms with van der Waals surface area (Å²) in [6.07, 6.45) is 2.42. The van der Waals surface area contributed by atoms with Crippen molar-refractivity contribution in [2.24, 2.45) is 0 Å². The third-order valence-corrected chi connectivity index (χ3v) is 3.04. The lowest BCUT2D eigenvalue weighted by Crippen LogP contribution is -2.48. The van der Waals surface area contributed by atoms with Gasteiger partial charge >= 0.3 is 0 Å². The Balaban J connectivity index is 2.53. The molecule has 0 radical (unpaired) electrons. The fourth-order valence-electron chi connectivity index (χ4n) is 1.88. The maximum absolute atomic E-state index is 3.62. The number of hydrogen-bond acceptors (Lipinski definition) is 2. The highest BCUT2D eigenvalue weighted by Gasteiger charge is 2.26. The Bertz CT molecular complexity index is 226. The monoisotopic (exact) mass is 194 g/mol. The van der Waals surface area contributed by atoms with Gasteiger partial charge in [-0.15, -0.1) is 5.92 Å². The summed E-state index contributed by atoms with van der Waals surface area (Å²) < 4.78 is 0. The lowest BCUT2D eigenvalue weighted by atomic mass is 9.99.